The van der Waals surface area contributed by atoms with Crippen LogP contribution in [-0.2, 0) is 46.0 Å². The molecule has 0 aromatic heterocycles. The van der Waals surface area contributed by atoms with Crippen LogP contribution in [-0.4, -0.2) is 103 Å². The van der Waals surface area contributed by atoms with Crippen LogP contribution in [0.5, 0.6) is 0 Å². The molecule has 0 saturated carbocycles. The molecule has 3 aromatic carbocycles. The van der Waals surface area contributed by atoms with Crippen molar-refractivity contribution in [2.75, 3.05) is 70.1 Å². The summed E-state index contributed by atoms with van der Waals surface area (Å²) in [6, 6.07) is 22.2. The van der Waals surface area contributed by atoms with Crippen LogP contribution in [0, 0.1) is 10.1 Å². The standard InChI is InChI=1S/C33H45N7O3.CH4O.Cu.H2O4S/c1-33(2,3)28-13-11-26(12-14-28)24-38-19-15-34-17-21-39(22-18-35-16-20-38)25-27-7-4-5-10-31(27)37-32(41)36-29-8-6-9-30(23-29)40(42)43;1-2;;1-5(2,3)4/h4-14,23,34-35H,15-22,24-25H2,1-3H3,(H2,36,37,41);2H,1H3;;(H2,1,2,3,4)/q;;+2;/p-2. The number of carbonyl (C=O) groups excluding carboxylic acids is 1. The third-order valence-electron chi connectivity index (χ3n) is 7.62. The average Bonchev–Trinajstić information content (AvgIpc) is 3.04. The Balaban J connectivity index is 0.00000149. The van der Waals surface area contributed by atoms with Crippen molar-refractivity contribution in [2.45, 2.75) is 39.3 Å². The first-order chi connectivity index (χ1) is 23.7. The molecular weight excluding hydrogens is 730 g/mol. The van der Waals surface area contributed by atoms with Gasteiger partial charge in [-0.3, -0.25) is 28.3 Å². The molecule has 3 aromatic rings. The Morgan fingerprint density at radius 3 is 1.84 bits per heavy atom. The van der Waals surface area contributed by atoms with E-state index >= 15 is 0 Å². The number of hydrogen-bond acceptors (Lipinski definition) is 12. The number of nitrogens with zero attached hydrogens (tertiary/aromatic N) is 3. The molecule has 285 valence electrons. The number of nitrogens with one attached hydrogen (secondary N) is 4. The van der Waals surface area contributed by atoms with Gasteiger partial charge in [0.05, 0.1) is 4.92 Å². The predicted molar refractivity (Wildman–Crippen MR) is 192 cm³/mol. The molecule has 0 spiro atoms. The molecule has 51 heavy (non-hydrogen) atoms. The zero-order valence-electron chi connectivity index (χ0n) is 29.4. The normalized spacial score (nSPS) is 14.8. The van der Waals surface area contributed by atoms with Crippen LogP contribution < -0.4 is 21.3 Å². The minimum atomic E-state index is -5.17. The van der Waals surface area contributed by atoms with Crippen molar-refractivity contribution in [3.05, 3.63) is 99.6 Å². The maximum absolute atomic E-state index is 12.7. The third kappa shape index (κ3) is 19.1. The van der Waals surface area contributed by atoms with Crippen LogP contribution in [0.4, 0.5) is 21.9 Å². The number of benzene rings is 3. The fourth-order valence-corrected chi connectivity index (χ4v) is 5.11. The van der Waals surface area contributed by atoms with Crippen molar-refractivity contribution < 1.29 is 49.4 Å². The summed E-state index contributed by atoms with van der Waals surface area (Å²) in [5.41, 5.74) is 4.88. The van der Waals surface area contributed by atoms with Crippen LogP contribution >= 0.6 is 0 Å². The molecule has 1 radical (unpaired) electrons. The second kappa shape index (κ2) is 23.2. The maximum atomic E-state index is 12.7. The van der Waals surface area contributed by atoms with E-state index in [0.29, 0.717) is 17.9 Å². The Kier molecular flexibility index (Phi) is 20.7. The first-order valence-electron chi connectivity index (χ1n) is 16.1. The van der Waals surface area contributed by atoms with E-state index in [0.717, 1.165) is 71.6 Å². The SMILES string of the molecule is CC(C)(C)c1ccc(CN2CCNCCN(Cc3ccccc3NC(=O)Nc3cccc([N+](=O)[O-])c3)CCNCC2)cc1.CO.O=S(=O)([O-])[O-].[Cu+2]. The number of anilines is 2. The molecule has 1 aliphatic rings. The Morgan fingerprint density at radius 1 is 0.824 bits per heavy atom. The van der Waals surface area contributed by atoms with Crippen molar-refractivity contribution in [1.82, 2.24) is 20.4 Å². The molecule has 1 fully saturated rings. The van der Waals surface area contributed by atoms with E-state index in [2.05, 4.69) is 76.1 Å². The van der Waals surface area contributed by atoms with E-state index < -0.39 is 21.4 Å². The molecule has 1 saturated heterocycles. The molecule has 2 amide bonds. The number of urea groups is 1. The van der Waals surface area contributed by atoms with E-state index in [1.165, 1.54) is 23.3 Å². The second-order valence-electron chi connectivity index (χ2n) is 12.5. The summed E-state index contributed by atoms with van der Waals surface area (Å²) < 4.78 is 34.1. The number of aliphatic hydroxyl groups is 1. The molecule has 4 rings (SSSR count). The number of nitro groups is 1. The monoisotopic (exact) mass is 778 g/mol. The smallest absolute Gasteiger partial charge is 0.759 e. The van der Waals surface area contributed by atoms with Gasteiger partial charge >= 0.3 is 23.1 Å². The summed E-state index contributed by atoms with van der Waals surface area (Å²) in [6.07, 6.45) is 0. The molecule has 1 heterocycles. The van der Waals surface area contributed by atoms with E-state index in [1.54, 1.807) is 12.1 Å². The van der Waals surface area contributed by atoms with Gasteiger partial charge in [-0.25, -0.2) is 4.79 Å². The van der Waals surface area contributed by atoms with Gasteiger partial charge in [0.25, 0.3) is 5.69 Å². The molecule has 5 N–H and O–H groups in total. The van der Waals surface area contributed by atoms with E-state index in [1.807, 2.05) is 24.3 Å². The van der Waals surface area contributed by atoms with Gasteiger partial charge in [0.1, 0.15) is 0 Å². The molecule has 0 aliphatic carbocycles. The number of carbonyl (C=O) groups is 1. The van der Waals surface area contributed by atoms with Gasteiger partial charge in [0.2, 0.25) is 0 Å². The van der Waals surface area contributed by atoms with Crippen molar-refractivity contribution in [1.29, 1.82) is 0 Å². The Morgan fingerprint density at radius 2 is 1.33 bits per heavy atom. The van der Waals surface area contributed by atoms with Crippen LogP contribution in [0.25, 0.3) is 0 Å². The molecule has 0 unspecified atom stereocenters. The average molecular weight is 779 g/mol. The quantitative estimate of drug-likeness (QED) is 0.0768. The van der Waals surface area contributed by atoms with Crippen LogP contribution in [0.1, 0.15) is 37.5 Å². The topological polar surface area (TPSA) is 215 Å². The van der Waals surface area contributed by atoms with Gasteiger partial charge in [0.15, 0.2) is 0 Å². The van der Waals surface area contributed by atoms with Gasteiger partial charge in [0, 0.05) is 106 Å². The summed E-state index contributed by atoms with van der Waals surface area (Å²) in [5, 5.41) is 30.9. The van der Waals surface area contributed by atoms with Gasteiger partial charge < -0.3 is 35.5 Å². The summed E-state index contributed by atoms with van der Waals surface area (Å²) in [6.45, 7) is 15.7. The van der Waals surface area contributed by atoms with Gasteiger partial charge in [-0.1, -0.05) is 69.3 Å². The fourth-order valence-electron chi connectivity index (χ4n) is 5.11. The molecular formula is C34H49CuN7O8S. The van der Waals surface area contributed by atoms with Gasteiger partial charge in [-0.2, -0.15) is 0 Å². The third-order valence-corrected chi connectivity index (χ3v) is 7.62. The summed E-state index contributed by atoms with van der Waals surface area (Å²) in [5.74, 6) is 0. The number of aliphatic hydroxyl groups excluding tert-OH is 1. The van der Waals surface area contributed by atoms with Crippen LogP contribution in [0.15, 0.2) is 72.8 Å². The first kappa shape index (κ1) is 45.5. The Hall–Kier alpha value is -3.48. The van der Waals surface area contributed by atoms with Crippen molar-refractivity contribution in [3.8, 4) is 0 Å². The minimum Gasteiger partial charge on any atom is -0.759 e. The van der Waals surface area contributed by atoms with E-state index in [-0.39, 0.29) is 28.2 Å². The summed E-state index contributed by atoms with van der Waals surface area (Å²) in [4.78, 5) is 28.2. The number of nitro benzene ring substituents is 1. The molecule has 17 heteroatoms. The fraction of sp³-hybridized carbons (Fsp3) is 0.441. The maximum Gasteiger partial charge on any atom is 2.00 e. The van der Waals surface area contributed by atoms with Crippen LogP contribution in [0.2, 0.25) is 0 Å². The van der Waals surface area contributed by atoms with Crippen molar-refractivity contribution in [3.63, 3.8) is 0 Å². The molecule has 1 aliphatic heterocycles. The Bertz CT molecular complexity index is 1570. The van der Waals surface area contributed by atoms with Crippen molar-refractivity contribution >= 4 is 33.5 Å². The first-order valence-corrected chi connectivity index (χ1v) is 17.5. The number of para-hydroxylation sites is 1. The van der Waals surface area contributed by atoms with Crippen molar-refractivity contribution in [2.24, 2.45) is 0 Å². The number of amides is 2. The molecule has 0 atom stereocenters. The Labute approximate surface area is 311 Å². The molecule has 0 bridgehead atoms. The van der Waals surface area contributed by atoms with E-state index in [9.17, 15) is 14.9 Å². The minimum absolute atomic E-state index is 0. The zero-order valence-corrected chi connectivity index (χ0v) is 31.1. The number of non-ortho nitro benzene ring substituents is 1. The largest absolute Gasteiger partial charge is 2.00 e. The second-order valence-corrected chi connectivity index (χ2v) is 13.3. The number of hydrogen-bond donors (Lipinski definition) is 5. The van der Waals surface area contributed by atoms with Gasteiger partial charge in [-0.05, 0) is 34.2 Å². The molecule has 15 nitrogen and oxygen atoms in total. The summed E-state index contributed by atoms with van der Waals surface area (Å²) >= 11 is 0. The van der Waals surface area contributed by atoms with Gasteiger partial charge in [-0.15, -0.1) is 0 Å². The van der Waals surface area contributed by atoms with Crippen LogP contribution in [0.3, 0.4) is 0 Å². The van der Waals surface area contributed by atoms with E-state index in [4.69, 9.17) is 22.6 Å². The predicted octanol–water partition coefficient (Wildman–Crippen LogP) is 3.30. The zero-order chi connectivity index (χ0) is 37.2. The summed E-state index contributed by atoms with van der Waals surface area (Å²) in [7, 11) is -4.17. The number of rotatable bonds is 7.